The topological polar surface area (TPSA) is 59.1 Å². The van der Waals surface area contributed by atoms with Crippen molar-refractivity contribution in [2.45, 2.75) is 13.3 Å². The van der Waals surface area contributed by atoms with Gasteiger partial charge in [-0.1, -0.05) is 6.92 Å². The summed E-state index contributed by atoms with van der Waals surface area (Å²) in [5.74, 6) is 1.19. The molecule has 0 radical (unpaired) electrons. The highest BCUT2D eigenvalue weighted by atomic mass is 16.5. The highest BCUT2D eigenvalue weighted by Gasteiger charge is 2.25. The van der Waals surface area contributed by atoms with Crippen LogP contribution in [-0.4, -0.2) is 62.0 Å². The summed E-state index contributed by atoms with van der Waals surface area (Å²) in [6.07, 6.45) is 0.500. The average Bonchev–Trinajstić information content (AvgIpc) is 2.59. The molecule has 0 aliphatic carbocycles. The van der Waals surface area contributed by atoms with Crippen LogP contribution in [0, 0.1) is 0 Å². The molecule has 1 aromatic carbocycles. The lowest BCUT2D eigenvalue weighted by Crippen LogP contribution is -2.50. The third-order valence-corrected chi connectivity index (χ3v) is 3.86. The van der Waals surface area contributed by atoms with Gasteiger partial charge in [0.05, 0.1) is 19.8 Å². The van der Waals surface area contributed by atoms with Crippen molar-refractivity contribution in [3.8, 4) is 11.5 Å². The summed E-state index contributed by atoms with van der Waals surface area (Å²) in [5, 5.41) is 0. The number of amides is 2. The number of ether oxygens (including phenoxy) is 2. The summed E-state index contributed by atoms with van der Waals surface area (Å²) in [4.78, 5) is 27.9. The normalized spacial score (nSPS) is 14.7. The van der Waals surface area contributed by atoms with E-state index >= 15 is 0 Å². The molecular weight excluding hydrogens is 284 g/mol. The molecule has 0 N–H and O–H groups in total. The van der Waals surface area contributed by atoms with Crippen LogP contribution in [0.4, 0.5) is 0 Å². The molecule has 2 rings (SSSR count). The summed E-state index contributed by atoms with van der Waals surface area (Å²) >= 11 is 0. The number of hydrogen-bond acceptors (Lipinski definition) is 4. The third-order valence-electron chi connectivity index (χ3n) is 3.86. The Hall–Kier alpha value is -2.24. The Morgan fingerprint density at radius 3 is 2.23 bits per heavy atom. The molecule has 0 aromatic heterocycles. The Labute approximate surface area is 130 Å². The maximum atomic E-state index is 12.6. The molecule has 1 aliphatic rings. The summed E-state index contributed by atoms with van der Waals surface area (Å²) in [6, 6.07) is 5.15. The van der Waals surface area contributed by atoms with E-state index in [4.69, 9.17) is 9.47 Å². The largest absolute Gasteiger partial charge is 0.497 e. The van der Waals surface area contributed by atoms with Gasteiger partial charge in [-0.25, -0.2) is 0 Å². The predicted octanol–water partition coefficient (Wildman–Crippen LogP) is 1.40. The van der Waals surface area contributed by atoms with Crippen molar-refractivity contribution in [3.05, 3.63) is 23.8 Å². The second-order valence-electron chi connectivity index (χ2n) is 5.09. The predicted molar refractivity (Wildman–Crippen MR) is 82.3 cm³/mol. The fraction of sp³-hybridized carbons (Fsp3) is 0.500. The summed E-state index contributed by atoms with van der Waals surface area (Å²) in [5.41, 5.74) is 0.513. The Balaban J connectivity index is 2.08. The maximum Gasteiger partial charge on any atom is 0.257 e. The van der Waals surface area contributed by atoms with Gasteiger partial charge in [-0.15, -0.1) is 0 Å². The van der Waals surface area contributed by atoms with Gasteiger partial charge >= 0.3 is 0 Å². The second-order valence-corrected chi connectivity index (χ2v) is 5.09. The first-order valence-electron chi connectivity index (χ1n) is 7.39. The van der Waals surface area contributed by atoms with Crippen LogP contribution in [0.15, 0.2) is 18.2 Å². The lowest BCUT2D eigenvalue weighted by molar-refractivity contribution is -0.132. The Bertz CT molecular complexity index is 551. The van der Waals surface area contributed by atoms with Gasteiger partial charge in [0.2, 0.25) is 5.91 Å². The van der Waals surface area contributed by atoms with E-state index in [-0.39, 0.29) is 11.8 Å². The number of nitrogens with zero attached hydrogens (tertiary/aromatic N) is 2. The number of carbonyl (C=O) groups is 2. The summed E-state index contributed by atoms with van der Waals surface area (Å²) in [7, 11) is 3.10. The fourth-order valence-electron chi connectivity index (χ4n) is 2.53. The van der Waals surface area contributed by atoms with Crippen molar-refractivity contribution in [2.75, 3.05) is 40.4 Å². The van der Waals surface area contributed by atoms with Gasteiger partial charge in [0, 0.05) is 38.7 Å². The monoisotopic (exact) mass is 306 g/mol. The maximum absolute atomic E-state index is 12.6. The van der Waals surface area contributed by atoms with Crippen LogP contribution >= 0.6 is 0 Å². The van der Waals surface area contributed by atoms with Gasteiger partial charge in [-0.05, 0) is 12.1 Å². The molecule has 1 aliphatic heterocycles. The first-order chi connectivity index (χ1) is 10.6. The van der Waals surface area contributed by atoms with Crippen molar-refractivity contribution in [2.24, 2.45) is 0 Å². The minimum absolute atomic E-state index is 0.0805. The van der Waals surface area contributed by atoms with Crippen LogP contribution in [0.3, 0.4) is 0 Å². The minimum atomic E-state index is -0.0805. The highest BCUT2D eigenvalue weighted by molar-refractivity contribution is 5.97. The lowest BCUT2D eigenvalue weighted by atomic mass is 10.1. The molecule has 6 nitrogen and oxygen atoms in total. The molecule has 0 unspecified atom stereocenters. The first-order valence-corrected chi connectivity index (χ1v) is 7.39. The van der Waals surface area contributed by atoms with Crippen molar-refractivity contribution < 1.29 is 19.1 Å². The first kappa shape index (κ1) is 16.1. The molecule has 120 valence electrons. The number of methoxy groups -OCH3 is 2. The van der Waals surface area contributed by atoms with Crippen LogP contribution in [0.25, 0.3) is 0 Å². The Morgan fingerprint density at radius 1 is 1.05 bits per heavy atom. The third kappa shape index (κ3) is 3.32. The van der Waals surface area contributed by atoms with Crippen molar-refractivity contribution in [3.63, 3.8) is 0 Å². The lowest BCUT2D eigenvalue weighted by Gasteiger charge is -2.34. The van der Waals surface area contributed by atoms with E-state index in [1.54, 1.807) is 35.1 Å². The number of hydrogen-bond donors (Lipinski definition) is 0. The van der Waals surface area contributed by atoms with Gasteiger partial charge < -0.3 is 19.3 Å². The van der Waals surface area contributed by atoms with E-state index in [2.05, 4.69) is 0 Å². The quantitative estimate of drug-likeness (QED) is 0.843. The molecule has 22 heavy (non-hydrogen) atoms. The number of carbonyl (C=O) groups excluding carboxylic acids is 2. The molecule has 0 bridgehead atoms. The molecule has 1 saturated heterocycles. The zero-order valence-corrected chi connectivity index (χ0v) is 13.3. The van der Waals surface area contributed by atoms with E-state index in [1.807, 2.05) is 6.92 Å². The Morgan fingerprint density at radius 2 is 1.68 bits per heavy atom. The van der Waals surface area contributed by atoms with Crippen LogP contribution in [0.1, 0.15) is 23.7 Å². The van der Waals surface area contributed by atoms with Crippen LogP contribution in [0.5, 0.6) is 11.5 Å². The summed E-state index contributed by atoms with van der Waals surface area (Å²) < 4.78 is 10.4. The molecule has 1 fully saturated rings. The van der Waals surface area contributed by atoms with Crippen LogP contribution in [0.2, 0.25) is 0 Å². The van der Waals surface area contributed by atoms with Gasteiger partial charge in [-0.2, -0.15) is 0 Å². The van der Waals surface area contributed by atoms with Gasteiger partial charge in [0.15, 0.2) is 0 Å². The van der Waals surface area contributed by atoms with E-state index < -0.39 is 0 Å². The van der Waals surface area contributed by atoms with Gasteiger partial charge in [-0.3, -0.25) is 9.59 Å². The van der Waals surface area contributed by atoms with E-state index in [0.717, 1.165) is 0 Å². The molecule has 2 amide bonds. The van der Waals surface area contributed by atoms with Crippen molar-refractivity contribution in [1.29, 1.82) is 0 Å². The standard InChI is InChI=1S/C16H22N2O4/c1-4-15(19)17-7-9-18(10-8-17)16(20)13-6-5-12(21-2)11-14(13)22-3/h5-6,11H,4,7-10H2,1-3H3. The zero-order valence-electron chi connectivity index (χ0n) is 13.3. The molecule has 6 heteroatoms. The second kappa shape index (κ2) is 7.15. The van der Waals surface area contributed by atoms with E-state index in [0.29, 0.717) is 49.7 Å². The molecular formula is C16H22N2O4. The number of rotatable bonds is 4. The van der Waals surface area contributed by atoms with Crippen molar-refractivity contribution >= 4 is 11.8 Å². The highest BCUT2D eigenvalue weighted by Crippen LogP contribution is 2.26. The van der Waals surface area contributed by atoms with E-state index in [1.165, 1.54) is 7.11 Å². The summed E-state index contributed by atoms with van der Waals surface area (Å²) in [6.45, 7) is 4.09. The molecule has 1 aromatic rings. The average molecular weight is 306 g/mol. The molecule has 0 saturated carbocycles. The number of benzene rings is 1. The SMILES string of the molecule is CCC(=O)N1CCN(C(=O)c2ccc(OC)cc2OC)CC1. The van der Waals surface area contributed by atoms with Gasteiger partial charge in [0.25, 0.3) is 5.91 Å². The molecule has 0 spiro atoms. The Kier molecular flexibility index (Phi) is 5.25. The smallest absolute Gasteiger partial charge is 0.257 e. The van der Waals surface area contributed by atoms with Crippen LogP contribution in [-0.2, 0) is 4.79 Å². The minimum Gasteiger partial charge on any atom is -0.497 e. The zero-order chi connectivity index (χ0) is 16.1. The van der Waals surface area contributed by atoms with E-state index in [9.17, 15) is 9.59 Å². The number of piperazine rings is 1. The van der Waals surface area contributed by atoms with Gasteiger partial charge in [0.1, 0.15) is 11.5 Å². The molecule has 0 atom stereocenters. The van der Waals surface area contributed by atoms with Crippen molar-refractivity contribution in [1.82, 2.24) is 9.80 Å². The molecule has 1 heterocycles. The van der Waals surface area contributed by atoms with Crippen LogP contribution < -0.4 is 9.47 Å². The fourth-order valence-corrected chi connectivity index (χ4v) is 2.53.